The molecule has 248 valence electrons. The summed E-state index contributed by atoms with van der Waals surface area (Å²) in [6.07, 6.45) is 4.26. The zero-order valence-electron chi connectivity index (χ0n) is 26.2. The molecule has 0 amide bonds. The third-order valence-electron chi connectivity index (χ3n) is 8.76. The normalized spacial score (nSPS) is 12.2. The van der Waals surface area contributed by atoms with Gasteiger partial charge in [-0.05, 0) is 124 Å². The summed E-state index contributed by atoms with van der Waals surface area (Å²) in [6, 6.07) is 31.9. The van der Waals surface area contributed by atoms with E-state index in [0.717, 1.165) is 6.07 Å². The van der Waals surface area contributed by atoms with Crippen LogP contribution in [0.25, 0.3) is 11.1 Å². The SMILES string of the molecule is C=P(c1ccc(F)cc1)(c1ccc(F)cc1)c1ccc(-c2ccc(P(=C)(c3ccc(F)cc3)c3ccc(F)cc3)cc2C(F)(F)F)c(C)c1. The number of aryl methyl sites for hydroxylation is 1. The van der Waals surface area contributed by atoms with E-state index in [-0.39, 0.29) is 10.9 Å². The highest BCUT2D eigenvalue weighted by Crippen LogP contribution is 2.47. The molecule has 0 saturated carbocycles. The Hall–Kier alpha value is -4.57. The number of benzene rings is 6. The second kappa shape index (κ2) is 13.0. The van der Waals surface area contributed by atoms with Crippen LogP contribution < -0.4 is 31.8 Å². The minimum atomic E-state index is -4.77. The van der Waals surface area contributed by atoms with E-state index in [1.807, 2.05) is 0 Å². The molecule has 0 aliphatic heterocycles. The van der Waals surface area contributed by atoms with Crippen LogP contribution in [0.15, 0.2) is 133 Å². The monoisotopic (exact) mass is 704 g/mol. The minimum Gasteiger partial charge on any atom is -0.207 e. The lowest BCUT2D eigenvalue weighted by atomic mass is 9.96. The number of rotatable bonds is 7. The fourth-order valence-corrected chi connectivity index (χ4v) is 11.9. The Bertz CT molecular complexity index is 2140. The average molecular weight is 705 g/mol. The first kappa shape index (κ1) is 34.3. The van der Waals surface area contributed by atoms with Crippen LogP contribution in [0.4, 0.5) is 30.7 Å². The molecule has 0 unspecified atom stereocenters. The van der Waals surface area contributed by atoms with Crippen LogP contribution in [-0.2, 0) is 6.18 Å². The van der Waals surface area contributed by atoms with Crippen molar-refractivity contribution in [3.05, 3.63) is 168 Å². The first-order valence-corrected chi connectivity index (χ1v) is 19.0. The van der Waals surface area contributed by atoms with Gasteiger partial charge in [-0.1, -0.05) is 91.5 Å². The fourth-order valence-electron chi connectivity index (χ4n) is 6.10. The quantitative estimate of drug-likeness (QED) is 0.115. The molecule has 6 aromatic rings. The lowest BCUT2D eigenvalue weighted by Gasteiger charge is -2.29. The Morgan fingerprint density at radius 3 is 1.00 bits per heavy atom. The molecule has 0 fully saturated rings. The van der Waals surface area contributed by atoms with Gasteiger partial charge in [-0.3, -0.25) is 0 Å². The zero-order chi connectivity index (χ0) is 35.1. The van der Waals surface area contributed by atoms with Crippen molar-refractivity contribution in [3.63, 3.8) is 0 Å². The average Bonchev–Trinajstić information content (AvgIpc) is 3.08. The predicted octanol–water partition coefficient (Wildman–Crippen LogP) is 8.69. The Labute approximate surface area is 280 Å². The van der Waals surface area contributed by atoms with Gasteiger partial charge in [0.15, 0.2) is 0 Å². The molecular weight excluding hydrogens is 675 g/mol. The molecule has 0 spiro atoms. The second-order valence-corrected chi connectivity index (χ2v) is 18.1. The summed E-state index contributed by atoms with van der Waals surface area (Å²) in [4.78, 5) is 0. The molecule has 0 atom stereocenters. The van der Waals surface area contributed by atoms with E-state index < -0.39 is 48.8 Å². The molecule has 0 heterocycles. The van der Waals surface area contributed by atoms with Crippen molar-refractivity contribution in [1.82, 2.24) is 0 Å². The van der Waals surface area contributed by atoms with Crippen molar-refractivity contribution < 1.29 is 30.7 Å². The van der Waals surface area contributed by atoms with Crippen molar-refractivity contribution in [3.8, 4) is 11.1 Å². The molecule has 6 rings (SSSR count). The van der Waals surface area contributed by atoms with Crippen molar-refractivity contribution in [2.45, 2.75) is 13.1 Å². The summed E-state index contributed by atoms with van der Waals surface area (Å²) in [5.74, 6) is -1.88. The first-order chi connectivity index (χ1) is 23.2. The Morgan fingerprint density at radius 2 is 0.694 bits per heavy atom. The summed E-state index contributed by atoms with van der Waals surface area (Å²) < 4.78 is 101. The molecule has 0 aromatic heterocycles. The van der Waals surface area contributed by atoms with E-state index >= 15 is 0 Å². The van der Waals surface area contributed by atoms with Crippen molar-refractivity contribution in [2.75, 3.05) is 0 Å². The van der Waals surface area contributed by atoms with Gasteiger partial charge in [0.1, 0.15) is 23.3 Å². The van der Waals surface area contributed by atoms with Gasteiger partial charge in [0, 0.05) is 0 Å². The molecule has 49 heavy (non-hydrogen) atoms. The van der Waals surface area contributed by atoms with Gasteiger partial charge in [-0.25, -0.2) is 17.6 Å². The third kappa shape index (κ3) is 6.46. The summed E-state index contributed by atoms with van der Waals surface area (Å²) in [7, 11) is 0. The van der Waals surface area contributed by atoms with Crippen LogP contribution in [0.2, 0.25) is 0 Å². The highest BCUT2D eigenvalue weighted by Gasteiger charge is 2.36. The van der Waals surface area contributed by atoms with Crippen LogP contribution >= 0.6 is 13.8 Å². The number of hydrogen-bond acceptors (Lipinski definition) is 0. The summed E-state index contributed by atoms with van der Waals surface area (Å²) in [5.41, 5.74) is -0.0582. The number of halogens is 7. The molecule has 0 aliphatic carbocycles. The molecule has 9 heteroatoms. The first-order valence-electron chi connectivity index (χ1n) is 15.1. The Kier molecular flexibility index (Phi) is 9.13. The molecule has 0 saturated heterocycles. The van der Waals surface area contributed by atoms with Crippen LogP contribution in [0.1, 0.15) is 11.1 Å². The van der Waals surface area contributed by atoms with Crippen LogP contribution in [0.5, 0.6) is 0 Å². The van der Waals surface area contributed by atoms with E-state index in [1.54, 1.807) is 55.5 Å². The van der Waals surface area contributed by atoms with Gasteiger partial charge in [0.25, 0.3) is 0 Å². The van der Waals surface area contributed by atoms with Gasteiger partial charge in [-0.2, -0.15) is 13.2 Å². The van der Waals surface area contributed by atoms with Gasteiger partial charge in [0.2, 0.25) is 0 Å². The van der Waals surface area contributed by atoms with Crippen molar-refractivity contribution in [1.29, 1.82) is 0 Å². The van der Waals surface area contributed by atoms with Crippen molar-refractivity contribution in [2.24, 2.45) is 0 Å². The largest absolute Gasteiger partial charge is 0.417 e. The summed E-state index contributed by atoms with van der Waals surface area (Å²) >= 11 is 0. The van der Waals surface area contributed by atoms with Gasteiger partial charge in [-0.15, -0.1) is 0 Å². The molecular formula is C40H29F7P2. The lowest BCUT2D eigenvalue weighted by molar-refractivity contribution is -0.137. The molecule has 0 N–H and O–H groups in total. The van der Waals surface area contributed by atoms with Crippen molar-refractivity contribution >= 4 is 58.2 Å². The van der Waals surface area contributed by atoms with Crippen LogP contribution in [0, 0.1) is 30.2 Å². The maximum Gasteiger partial charge on any atom is 0.417 e. The molecule has 0 radical (unpaired) electrons. The van der Waals surface area contributed by atoms with Gasteiger partial charge in [0.05, 0.1) is 5.56 Å². The number of alkyl halides is 3. The van der Waals surface area contributed by atoms with E-state index in [2.05, 4.69) is 12.6 Å². The van der Waals surface area contributed by atoms with Crippen LogP contribution in [-0.4, -0.2) is 12.6 Å². The Balaban J connectivity index is 1.52. The zero-order valence-corrected chi connectivity index (χ0v) is 27.9. The predicted molar refractivity (Wildman–Crippen MR) is 193 cm³/mol. The van der Waals surface area contributed by atoms with E-state index in [0.29, 0.717) is 37.6 Å². The van der Waals surface area contributed by atoms with Crippen LogP contribution in [0.3, 0.4) is 0 Å². The minimum absolute atomic E-state index is 0.0541. The second-order valence-electron chi connectivity index (χ2n) is 11.8. The maximum absolute atomic E-state index is 14.9. The highest BCUT2D eigenvalue weighted by atomic mass is 31.2. The third-order valence-corrected chi connectivity index (χ3v) is 15.8. The van der Waals surface area contributed by atoms with Gasteiger partial charge < -0.3 is 0 Å². The standard InChI is InChI=1S/C40H29F7P2/c1-26-24-35(48(2,31-12-4-27(41)5-13-31)32-14-6-28(42)7-15-32)20-22-37(26)38-23-21-36(25-39(38)40(45,46)47)49(3,33-16-8-29(43)9-17-33)34-18-10-30(44)11-19-34/h4-25H,2-3H2,1H3. The fraction of sp³-hybridized carbons (Fsp3) is 0.0500. The Morgan fingerprint density at radius 1 is 0.408 bits per heavy atom. The maximum atomic E-state index is 14.9. The number of hydrogen-bond donors (Lipinski definition) is 0. The van der Waals surface area contributed by atoms with Gasteiger partial charge >= 0.3 is 6.18 Å². The van der Waals surface area contributed by atoms with E-state index in [9.17, 15) is 30.7 Å². The molecule has 0 aliphatic rings. The topological polar surface area (TPSA) is 0 Å². The molecule has 0 nitrogen and oxygen atoms in total. The van der Waals surface area contributed by atoms with E-state index in [1.165, 1.54) is 78.9 Å². The lowest BCUT2D eigenvalue weighted by Crippen LogP contribution is -2.27. The summed E-state index contributed by atoms with van der Waals surface area (Å²) in [6.45, 7) is -4.04. The smallest absolute Gasteiger partial charge is 0.207 e. The van der Waals surface area contributed by atoms with E-state index in [4.69, 9.17) is 0 Å². The molecule has 0 bridgehead atoms. The highest BCUT2D eigenvalue weighted by molar-refractivity contribution is 7.93. The summed E-state index contributed by atoms with van der Waals surface area (Å²) in [5, 5.41) is 3.48. The molecule has 6 aromatic carbocycles.